The molecule has 0 fully saturated rings. The van der Waals surface area contributed by atoms with Crippen LogP contribution in [0.5, 0.6) is 0 Å². The summed E-state index contributed by atoms with van der Waals surface area (Å²) < 4.78 is 0. The van der Waals surface area contributed by atoms with Crippen LogP contribution in [0.1, 0.15) is 49.1 Å². The van der Waals surface area contributed by atoms with Gasteiger partial charge < -0.3 is 10.6 Å². The van der Waals surface area contributed by atoms with Crippen molar-refractivity contribution in [3.63, 3.8) is 0 Å². The van der Waals surface area contributed by atoms with Crippen molar-refractivity contribution in [2.75, 3.05) is 10.6 Å². The zero-order valence-electron chi connectivity index (χ0n) is 20.0. The van der Waals surface area contributed by atoms with Crippen molar-refractivity contribution >= 4 is 28.1 Å². The van der Waals surface area contributed by atoms with Crippen LogP contribution in [0.3, 0.4) is 0 Å². The summed E-state index contributed by atoms with van der Waals surface area (Å²) in [6.45, 7) is 12.3. The number of anilines is 2. The third-order valence-corrected chi connectivity index (χ3v) is 6.87. The standard InChI is InChI=1S/C29H29N3OS/c1-18-16-19(2)26(20(3)17-18)32-28(33)27-22(5)31-29(34-27)30-21(4)25(23-12-8-6-9-13-23)24-14-10-7-11-15-24/h6-17,25H,4H2,1-3,5H3,(H,30,31)(H,32,33). The van der Waals surface area contributed by atoms with Crippen molar-refractivity contribution in [3.8, 4) is 0 Å². The number of carbonyl (C=O) groups excluding carboxylic acids is 1. The molecule has 0 saturated heterocycles. The average molecular weight is 468 g/mol. The molecule has 34 heavy (non-hydrogen) atoms. The Hall–Kier alpha value is -3.70. The minimum absolute atomic E-state index is 0.0401. The Morgan fingerprint density at radius 3 is 1.91 bits per heavy atom. The first-order valence-electron chi connectivity index (χ1n) is 11.3. The largest absolute Gasteiger partial charge is 0.335 e. The Morgan fingerprint density at radius 2 is 1.38 bits per heavy atom. The molecule has 0 spiro atoms. The SMILES string of the molecule is C=C(Nc1nc(C)c(C(=O)Nc2c(C)cc(C)cc2C)s1)C(c1ccccc1)c1ccccc1. The molecule has 172 valence electrons. The van der Waals surface area contributed by atoms with E-state index < -0.39 is 0 Å². The number of aromatic nitrogens is 1. The number of carbonyl (C=O) groups is 1. The molecule has 1 amide bonds. The molecule has 0 unspecified atom stereocenters. The average Bonchev–Trinajstić information content (AvgIpc) is 3.17. The first-order chi connectivity index (χ1) is 16.3. The molecule has 0 aliphatic rings. The fraction of sp³-hybridized carbons (Fsp3) is 0.172. The molecule has 2 N–H and O–H groups in total. The first-order valence-corrected chi connectivity index (χ1v) is 12.1. The minimum atomic E-state index is -0.147. The molecule has 1 heterocycles. The summed E-state index contributed by atoms with van der Waals surface area (Å²) in [4.78, 5) is 18.3. The number of hydrogen-bond donors (Lipinski definition) is 2. The molecule has 0 atom stereocenters. The lowest BCUT2D eigenvalue weighted by atomic mass is 9.89. The number of nitrogens with zero attached hydrogens (tertiary/aromatic N) is 1. The summed E-state index contributed by atoms with van der Waals surface area (Å²) in [6.07, 6.45) is 0. The van der Waals surface area contributed by atoms with E-state index >= 15 is 0 Å². The number of nitrogens with one attached hydrogen (secondary N) is 2. The maximum absolute atomic E-state index is 13.1. The fourth-order valence-electron chi connectivity index (χ4n) is 4.30. The Balaban J connectivity index is 1.57. The maximum atomic E-state index is 13.1. The molecule has 4 rings (SSSR count). The summed E-state index contributed by atoms with van der Waals surface area (Å²) in [5, 5.41) is 7.12. The van der Waals surface area contributed by atoms with Gasteiger partial charge in [0.05, 0.1) is 5.69 Å². The van der Waals surface area contributed by atoms with Gasteiger partial charge in [-0.25, -0.2) is 4.98 Å². The second-order valence-electron chi connectivity index (χ2n) is 8.57. The summed E-state index contributed by atoms with van der Waals surface area (Å²) in [5.74, 6) is -0.187. The van der Waals surface area contributed by atoms with E-state index in [1.165, 1.54) is 16.9 Å². The lowest BCUT2D eigenvalue weighted by Crippen LogP contribution is -2.13. The van der Waals surface area contributed by atoms with Crippen LogP contribution in [0.25, 0.3) is 0 Å². The highest BCUT2D eigenvalue weighted by molar-refractivity contribution is 7.17. The van der Waals surface area contributed by atoms with E-state index in [1.807, 2.05) is 57.2 Å². The topological polar surface area (TPSA) is 54.0 Å². The van der Waals surface area contributed by atoms with Gasteiger partial charge in [0.15, 0.2) is 5.13 Å². The van der Waals surface area contributed by atoms with Crippen molar-refractivity contribution < 1.29 is 4.79 Å². The monoisotopic (exact) mass is 467 g/mol. The molecule has 5 heteroatoms. The number of aryl methyl sites for hydroxylation is 4. The smallest absolute Gasteiger partial charge is 0.267 e. The molecule has 0 bridgehead atoms. The molecule has 3 aromatic carbocycles. The number of amides is 1. The second kappa shape index (κ2) is 10.1. The Labute approximate surface area is 205 Å². The van der Waals surface area contributed by atoms with Crippen molar-refractivity contribution in [2.45, 2.75) is 33.6 Å². The van der Waals surface area contributed by atoms with Crippen molar-refractivity contribution in [1.29, 1.82) is 0 Å². The van der Waals surface area contributed by atoms with Gasteiger partial charge in [0.25, 0.3) is 5.91 Å². The van der Waals surface area contributed by atoms with Gasteiger partial charge in [-0.3, -0.25) is 4.79 Å². The van der Waals surface area contributed by atoms with Crippen LogP contribution >= 0.6 is 11.3 Å². The van der Waals surface area contributed by atoms with E-state index in [0.717, 1.165) is 33.6 Å². The van der Waals surface area contributed by atoms with E-state index in [9.17, 15) is 4.79 Å². The van der Waals surface area contributed by atoms with E-state index in [4.69, 9.17) is 0 Å². The second-order valence-corrected chi connectivity index (χ2v) is 9.57. The maximum Gasteiger partial charge on any atom is 0.267 e. The number of thiazole rings is 1. The van der Waals surface area contributed by atoms with Crippen molar-refractivity contribution in [3.05, 3.63) is 123 Å². The minimum Gasteiger partial charge on any atom is -0.335 e. The van der Waals surface area contributed by atoms with Crippen molar-refractivity contribution in [2.24, 2.45) is 0 Å². The zero-order chi connectivity index (χ0) is 24.2. The fourth-order valence-corrected chi connectivity index (χ4v) is 5.20. The predicted octanol–water partition coefficient (Wildman–Crippen LogP) is 7.39. The van der Waals surface area contributed by atoms with Crippen LogP contribution in [0, 0.1) is 27.7 Å². The zero-order valence-corrected chi connectivity index (χ0v) is 20.8. The first kappa shape index (κ1) is 23.5. The normalized spacial score (nSPS) is 10.9. The molecular formula is C29H29N3OS. The van der Waals surface area contributed by atoms with Gasteiger partial charge in [-0.1, -0.05) is 96.3 Å². The van der Waals surface area contributed by atoms with Gasteiger partial charge in [-0.15, -0.1) is 0 Å². The highest BCUT2D eigenvalue weighted by Gasteiger charge is 2.21. The van der Waals surface area contributed by atoms with Crippen LogP contribution in [0.15, 0.2) is 85.1 Å². The molecule has 4 nitrogen and oxygen atoms in total. The van der Waals surface area contributed by atoms with Gasteiger partial charge in [-0.2, -0.15) is 0 Å². The van der Waals surface area contributed by atoms with Gasteiger partial charge >= 0.3 is 0 Å². The number of allylic oxidation sites excluding steroid dienone is 1. The summed E-state index contributed by atoms with van der Waals surface area (Å²) in [7, 11) is 0. The molecule has 0 aliphatic carbocycles. The van der Waals surface area contributed by atoms with E-state index in [0.29, 0.717) is 15.7 Å². The molecule has 0 aliphatic heterocycles. The van der Waals surface area contributed by atoms with Gasteiger partial charge in [0.1, 0.15) is 4.88 Å². The predicted molar refractivity (Wildman–Crippen MR) is 143 cm³/mol. The van der Waals surface area contributed by atoms with Crippen LogP contribution in [0.2, 0.25) is 0 Å². The van der Waals surface area contributed by atoms with Crippen LogP contribution in [0.4, 0.5) is 10.8 Å². The molecule has 0 radical (unpaired) electrons. The van der Waals surface area contributed by atoms with Gasteiger partial charge in [-0.05, 0) is 49.9 Å². The van der Waals surface area contributed by atoms with Gasteiger partial charge in [0, 0.05) is 17.3 Å². The summed E-state index contributed by atoms with van der Waals surface area (Å²) in [6, 6.07) is 24.7. The third kappa shape index (κ3) is 5.10. The molecular weight excluding hydrogens is 438 g/mol. The molecule has 0 saturated carbocycles. The highest BCUT2D eigenvalue weighted by atomic mass is 32.1. The van der Waals surface area contributed by atoms with Crippen LogP contribution in [-0.4, -0.2) is 10.9 Å². The van der Waals surface area contributed by atoms with Crippen LogP contribution in [-0.2, 0) is 0 Å². The number of rotatable bonds is 7. The van der Waals surface area contributed by atoms with Crippen molar-refractivity contribution in [1.82, 2.24) is 4.98 Å². The highest BCUT2D eigenvalue weighted by Crippen LogP contribution is 2.33. The number of benzene rings is 3. The Bertz CT molecular complexity index is 1260. The summed E-state index contributed by atoms with van der Waals surface area (Å²) in [5.41, 5.74) is 7.92. The van der Waals surface area contributed by atoms with Crippen LogP contribution < -0.4 is 10.6 Å². The third-order valence-electron chi connectivity index (χ3n) is 5.80. The molecule has 4 aromatic rings. The van der Waals surface area contributed by atoms with E-state index in [-0.39, 0.29) is 11.8 Å². The number of hydrogen-bond acceptors (Lipinski definition) is 4. The Kier molecular flexibility index (Phi) is 6.94. The lowest BCUT2D eigenvalue weighted by Gasteiger charge is -2.21. The van der Waals surface area contributed by atoms with E-state index in [2.05, 4.69) is 65.5 Å². The van der Waals surface area contributed by atoms with E-state index in [1.54, 1.807) is 0 Å². The quantitative estimate of drug-likeness (QED) is 0.298. The summed E-state index contributed by atoms with van der Waals surface area (Å²) >= 11 is 1.34. The van der Waals surface area contributed by atoms with Gasteiger partial charge in [0.2, 0.25) is 0 Å². The Morgan fingerprint density at radius 1 is 0.853 bits per heavy atom. The molecule has 1 aromatic heterocycles. The lowest BCUT2D eigenvalue weighted by molar-refractivity contribution is 0.102.